The predicted molar refractivity (Wildman–Crippen MR) is 44.5 cm³/mol. The second-order valence-corrected chi connectivity index (χ2v) is 3.04. The van der Waals surface area contributed by atoms with Crippen molar-refractivity contribution >= 4 is 27.0 Å². The molecule has 2 aromatic rings. The molecule has 0 bridgehead atoms. The van der Waals surface area contributed by atoms with E-state index in [1.165, 1.54) is 12.1 Å². The quantitative estimate of drug-likeness (QED) is 0.755. The normalized spacial score (nSPS) is 10.8. The Labute approximate surface area is 74.3 Å². The Bertz CT molecular complexity index is 488. The highest BCUT2D eigenvalue weighted by Gasteiger charge is 2.08. The molecule has 12 heavy (non-hydrogen) atoms. The first-order valence-corrected chi connectivity index (χ1v) is 3.94. The van der Waals surface area contributed by atoms with Gasteiger partial charge in [0, 0.05) is 0 Å². The molecule has 0 aliphatic heterocycles. The van der Waals surface area contributed by atoms with E-state index in [4.69, 9.17) is 4.42 Å². The third kappa shape index (κ3) is 0.972. The number of H-pyrrole nitrogens is 1. The lowest BCUT2D eigenvalue weighted by atomic mass is 10.3. The summed E-state index contributed by atoms with van der Waals surface area (Å²) in [7, 11) is 0. The molecular weight excluding hydrogens is 229 g/mol. The second-order valence-electron chi connectivity index (χ2n) is 2.25. The molecule has 0 amide bonds. The van der Waals surface area contributed by atoms with E-state index in [1.807, 2.05) is 0 Å². The summed E-state index contributed by atoms with van der Waals surface area (Å²) in [4.78, 5) is 13.0. The maximum atomic E-state index is 12.8. The van der Waals surface area contributed by atoms with Gasteiger partial charge in [-0.05, 0) is 28.1 Å². The molecule has 0 aliphatic rings. The molecule has 0 radical (unpaired) electrons. The Hall–Kier alpha value is -1.10. The molecule has 3 nitrogen and oxygen atoms in total. The monoisotopic (exact) mass is 231 g/mol. The van der Waals surface area contributed by atoms with Gasteiger partial charge in [-0.1, -0.05) is 0 Å². The van der Waals surface area contributed by atoms with E-state index in [0.717, 1.165) is 0 Å². The third-order valence-corrected chi connectivity index (χ3v) is 2.26. The maximum absolute atomic E-state index is 12.8. The lowest BCUT2D eigenvalue weighted by molar-refractivity contribution is 0.554. The topological polar surface area (TPSA) is 46.0 Å². The summed E-state index contributed by atoms with van der Waals surface area (Å²) in [6, 6.07) is 2.62. The highest BCUT2D eigenvalue weighted by molar-refractivity contribution is 9.10. The lowest BCUT2D eigenvalue weighted by Gasteiger charge is -1.92. The number of oxazole rings is 1. The summed E-state index contributed by atoms with van der Waals surface area (Å²) in [5.41, 5.74) is 0.688. The van der Waals surface area contributed by atoms with Crippen molar-refractivity contribution < 1.29 is 8.81 Å². The minimum absolute atomic E-state index is 0.214. The molecule has 0 aliphatic carbocycles. The Kier molecular flexibility index (Phi) is 1.54. The van der Waals surface area contributed by atoms with Crippen molar-refractivity contribution in [2.24, 2.45) is 0 Å². The predicted octanol–water partition coefficient (Wildman–Crippen LogP) is 2.02. The number of fused-ring (bicyclic) bond motifs is 1. The molecule has 1 N–H and O–H groups in total. The van der Waals surface area contributed by atoms with Crippen LogP contribution in [0.5, 0.6) is 0 Å². The summed E-state index contributed by atoms with van der Waals surface area (Å²) in [5, 5.41) is 0. The van der Waals surface area contributed by atoms with Crippen molar-refractivity contribution in [3.63, 3.8) is 0 Å². The number of hydrogen-bond acceptors (Lipinski definition) is 2. The smallest absolute Gasteiger partial charge is 0.408 e. The molecule has 2 rings (SSSR count). The Morgan fingerprint density at radius 2 is 2.25 bits per heavy atom. The molecular formula is C7H3BrFNO2. The van der Waals surface area contributed by atoms with Gasteiger partial charge in [0.05, 0.1) is 4.47 Å². The SMILES string of the molecule is O=c1[nH]c2c(Br)c(F)ccc2o1. The Morgan fingerprint density at radius 1 is 1.50 bits per heavy atom. The molecule has 5 heteroatoms. The largest absolute Gasteiger partial charge is 0.417 e. The van der Waals surface area contributed by atoms with Gasteiger partial charge >= 0.3 is 5.76 Å². The first-order chi connectivity index (χ1) is 5.68. The van der Waals surface area contributed by atoms with E-state index in [-0.39, 0.29) is 4.47 Å². The van der Waals surface area contributed by atoms with Crippen LogP contribution in [0.4, 0.5) is 4.39 Å². The van der Waals surface area contributed by atoms with Gasteiger partial charge in [0.1, 0.15) is 11.3 Å². The number of hydrogen-bond donors (Lipinski definition) is 1. The summed E-state index contributed by atoms with van der Waals surface area (Å²) in [6.45, 7) is 0. The van der Waals surface area contributed by atoms with Gasteiger partial charge in [-0.3, -0.25) is 4.98 Å². The molecule has 0 unspecified atom stereocenters. The molecule has 0 atom stereocenters. The molecule has 0 spiro atoms. The highest BCUT2D eigenvalue weighted by Crippen LogP contribution is 2.23. The van der Waals surface area contributed by atoms with Crippen LogP contribution in [0.2, 0.25) is 0 Å². The van der Waals surface area contributed by atoms with Crippen molar-refractivity contribution in [1.82, 2.24) is 4.98 Å². The van der Waals surface area contributed by atoms with E-state index in [2.05, 4.69) is 20.9 Å². The van der Waals surface area contributed by atoms with Gasteiger partial charge in [0.15, 0.2) is 5.58 Å². The van der Waals surface area contributed by atoms with Crippen LogP contribution in [0.1, 0.15) is 0 Å². The summed E-state index contributed by atoms with van der Waals surface area (Å²) < 4.78 is 17.8. The average Bonchev–Trinajstić information content (AvgIpc) is 2.39. The summed E-state index contributed by atoms with van der Waals surface area (Å²) >= 11 is 2.99. The fourth-order valence-electron chi connectivity index (χ4n) is 0.962. The van der Waals surface area contributed by atoms with Gasteiger partial charge in [0.25, 0.3) is 0 Å². The van der Waals surface area contributed by atoms with Crippen molar-refractivity contribution in [2.75, 3.05) is 0 Å². The van der Waals surface area contributed by atoms with Crippen LogP contribution in [-0.4, -0.2) is 4.98 Å². The maximum Gasteiger partial charge on any atom is 0.417 e. The standard InChI is InChI=1S/C7H3BrFNO2/c8-5-3(9)1-2-4-6(5)10-7(11)12-4/h1-2H,(H,10,11). The molecule has 0 saturated heterocycles. The molecule has 62 valence electrons. The van der Waals surface area contributed by atoms with Gasteiger partial charge < -0.3 is 4.42 Å². The van der Waals surface area contributed by atoms with E-state index in [1.54, 1.807) is 0 Å². The fourth-order valence-corrected chi connectivity index (χ4v) is 1.39. The zero-order valence-electron chi connectivity index (χ0n) is 5.73. The summed E-state index contributed by atoms with van der Waals surface area (Å²) in [6.07, 6.45) is 0. The minimum Gasteiger partial charge on any atom is -0.408 e. The van der Waals surface area contributed by atoms with E-state index in [0.29, 0.717) is 11.1 Å². The van der Waals surface area contributed by atoms with Gasteiger partial charge in [-0.2, -0.15) is 0 Å². The second kappa shape index (κ2) is 2.45. The van der Waals surface area contributed by atoms with Crippen LogP contribution in [0.15, 0.2) is 25.8 Å². The van der Waals surface area contributed by atoms with Crippen molar-refractivity contribution in [3.05, 3.63) is 33.0 Å². The van der Waals surface area contributed by atoms with Crippen molar-refractivity contribution in [1.29, 1.82) is 0 Å². The summed E-state index contributed by atoms with van der Waals surface area (Å²) in [5.74, 6) is -1.02. The number of benzene rings is 1. The third-order valence-electron chi connectivity index (χ3n) is 1.49. The first-order valence-electron chi connectivity index (χ1n) is 3.15. The van der Waals surface area contributed by atoms with Crippen molar-refractivity contribution in [2.45, 2.75) is 0 Å². The van der Waals surface area contributed by atoms with Crippen LogP contribution in [0.25, 0.3) is 11.1 Å². The molecule has 0 saturated carbocycles. The van der Waals surface area contributed by atoms with Gasteiger partial charge in [-0.25, -0.2) is 9.18 Å². The van der Waals surface area contributed by atoms with E-state index in [9.17, 15) is 9.18 Å². The number of aromatic amines is 1. The number of halogens is 2. The van der Waals surface area contributed by atoms with E-state index < -0.39 is 11.6 Å². The Morgan fingerprint density at radius 3 is 3.00 bits per heavy atom. The van der Waals surface area contributed by atoms with Crippen LogP contribution < -0.4 is 5.76 Å². The molecule has 1 aromatic heterocycles. The minimum atomic E-state index is -0.587. The van der Waals surface area contributed by atoms with Crippen LogP contribution in [0.3, 0.4) is 0 Å². The fraction of sp³-hybridized carbons (Fsp3) is 0. The van der Waals surface area contributed by atoms with Crippen LogP contribution >= 0.6 is 15.9 Å². The average molecular weight is 232 g/mol. The van der Waals surface area contributed by atoms with Gasteiger partial charge in [0.2, 0.25) is 0 Å². The lowest BCUT2D eigenvalue weighted by Crippen LogP contribution is -1.93. The number of rotatable bonds is 0. The Balaban J connectivity index is 2.99. The molecule has 0 fully saturated rings. The van der Waals surface area contributed by atoms with Crippen LogP contribution in [0, 0.1) is 5.82 Å². The number of nitrogens with one attached hydrogen (secondary N) is 1. The highest BCUT2D eigenvalue weighted by atomic mass is 79.9. The van der Waals surface area contributed by atoms with E-state index >= 15 is 0 Å². The van der Waals surface area contributed by atoms with Crippen molar-refractivity contribution in [3.8, 4) is 0 Å². The molecule has 1 aromatic carbocycles. The van der Waals surface area contributed by atoms with Crippen LogP contribution in [-0.2, 0) is 0 Å². The van der Waals surface area contributed by atoms with Gasteiger partial charge in [-0.15, -0.1) is 0 Å². The zero-order chi connectivity index (χ0) is 8.72. The zero-order valence-corrected chi connectivity index (χ0v) is 7.31. The number of aromatic nitrogens is 1. The molecule has 1 heterocycles. The first kappa shape index (κ1) is 7.54.